The number of ether oxygens (including phenoxy) is 1. The van der Waals surface area contributed by atoms with Crippen LogP contribution in [0.5, 0.6) is 0 Å². The van der Waals surface area contributed by atoms with E-state index in [2.05, 4.69) is 5.32 Å². The number of nitrogens with one attached hydrogen (secondary N) is 1. The maximum absolute atomic E-state index is 13.4. The molecule has 0 aliphatic carbocycles. The van der Waals surface area contributed by atoms with Crippen molar-refractivity contribution in [3.63, 3.8) is 0 Å². The summed E-state index contributed by atoms with van der Waals surface area (Å²) in [5.74, 6) is -1.11. The van der Waals surface area contributed by atoms with Crippen LogP contribution >= 0.6 is 0 Å². The minimum Gasteiger partial charge on any atom is -0.380 e. The van der Waals surface area contributed by atoms with E-state index in [-0.39, 0.29) is 5.69 Å². The Morgan fingerprint density at radius 2 is 2.07 bits per heavy atom. The molecule has 0 radical (unpaired) electrons. The number of aryl methyl sites for hydroxylation is 1. The van der Waals surface area contributed by atoms with E-state index in [9.17, 15) is 8.78 Å². The first-order valence-electron chi connectivity index (χ1n) is 4.93. The third-order valence-corrected chi connectivity index (χ3v) is 2.04. The molecule has 84 valence electrons. The minimum atomic E-state index is -0.574. The summed E-state index contributed by atoms with van der Waals surface area (Å²) in [6, 6.07) is 2.67. The fourth-order valence-corrected chi connectivity index (χ4v) is 1.21. The van der Waals surface area contributed by atoms with Crippen LogP contribution in [0.3, 0.4) is 0 Å². The van der Waals surface area contributed by atoms with Gasteiger partial charge >= 0.3 is 0 Å². The maximum Gasteiger partial charge on any atom is 0.152 e. The van der Waals surface area contributed by atoms with Gasteiger partial charge in [-0.2, -0.15) is 0 Å². The average Bonchev–Trinajstić information content (AvgIpc) is 2.23. The van der Waals surface area contributed by atoms with Crippen molar-refractivity contribution in [1.29, 1.82) is 0 Å². The predicted octanol–water partition coefficient (Wildman–Crippen LogP) is 2.72. The van der Waals surface area contributed by atoms with Gasteiger partial charge in [0.1, 0.15) is 11.5 Å². The van der Waals surface area contributed by atoms with Gasteiger partial charge in [-0.05, 0) is 25.5 Å². The van der Waals surface area contributed by atoms with Crippen molar-refractivity contribution in [2.75, 3.05) is 25.1 Å². The number of halogens is 2. The molecule has 0 bridgehead atoms. The molecule has 4 heteroatoms. The van der Waals surface area contributed by atoms with Crippen LogP contribution in [0.2, 0.25) is 0 Å². The van der Waals surface area contributed by atoms with Crippen LogP contribution in [0, 0.1) is 18.6 Å². The van der Waals surface area contributed by atoms with Gasteiger partial charge in [0.15, 0.2) is 5.82 Å². The quantitative estimate of drug-likeness (QED) is 0.762. The molecule has 0 amide bonds. The Morgan fingerprint density at radius 3 is 2.73 bits per heavy atom. The van der Waals surface area contributed by atoms with Crippen LogP contribution < -0.4 is 5.32 Å². The zero-order valence-corrected chi connectivity index (χ0v) is 8.94. The molecule has 0 saturated heterocycles. The number of anilines is 1. The Hall–Kier alpha value is -1.16. The first-order valence-corrected chi connectivity index (χ1v) is 4.93. The molecule has 0 aliphatic rings. The molecule has 0 atom stereocenters. The highest BCUT2D eigenvalue weighted by Gasteiger charge is 2.10. The van der Waals surface area contributed by atoms with Gasteiger partial charge in [-0.25, -0.2) is 8.78 Å². The SMILES string of the molecule is CCOCCNc1c(F)ccc(C)c1F. The summed E-state index contributed by atoms with van der Waals surface area (Å²) in [7, 11) is 0. The summed E-state index contributed by atoms with van der Waals surface area (Å²) in [5, 5.41) is 2.68. The Labute approximate surface area is 88.3 Å². The fraction of sp³-hybridized carbons (Fsp3) is 0.455. The molecule has 2 nitrogen and oxygen atoms in total. The van der Waals surface area contributed by atoms with Crippen LogP contribution in [-0.4, -0.2) is 19.8 Å². The molecule has 0 unspecified atom stereocenters. The normalized spacial score (nSPS) is 10.4. The van der Waals surface area contributed by atoms with Crippen LogP contribution in [0.25, 0.3) is 0 Å². The lowest BCUT2D eigenvalue weighted by Gasteiger charge is -2.09. The summed E-state index contributed by atoms with van der Waals surface area (Å²) < 4.78 is 31.7. The molecule has 15 heavy (non-hydrogen) atoms. The lowest BCUT2D eigenvalue weighted by atomic mass is 10.2. The standard InChI is InChI=1S/C11H15F2NO/c1-3-15-7-6-14-11-9(12)5-4-8(2)10(11)13/h4-5,14H,3,6-7H2,1-2H3. The van der Waals surface area contributed by atoms with E-state index in [0.717, 1.165) is 0 Å². The molecular formula is C11H15F2NO. The molecule has 0 aromatic heterocycles. The lowest BCUT2D eigenvalue weighted by molar-refractivity contribution is 0.158. The highest BCUT2D eigenvalue weighted by Crippen LogP contribution is 2.21. The molecule has 0 spiro atoms. The van der Waals surface area contributed by atoms with E-state index >= 15 is 0 Å². The third-order valence-electron chi connectivity index (χ3n) is 2.04. The van der Waals surface area contributed by atoms with Crippen LogP contribution in [-0.2, 0) is 4.74 Å². The summed E-state index contributed by atoms with van der Waals surface area (Å²) in [6.07, 6.45) is 0. The second kappa shape index (κ2) is 5.66. The van der Waals surface area contributed by atoms with Gasteiger partial charge in [0.05, 0.1) is 6.61 Å². The van der Waals surface area contributed by atoms with Gasteiger partial charge in [-0.1, -0.05) is 6.07 Å². The van der Waals surface area contributed by atoms with Crippen LogP contribution in [0.15, 0.2) is 12.1 Å². The summed E-state index contributed by atoms with van der Waals surface area (Å²) in [4.78, 5) is 0. The molecular weight excluding hydrogens is 200 g/mol. The molecule has 1 aromatic rings. The van der Waals surface area contributed by atoms with Crippen LogP contribution in [0.1, 0.15) is 12.5 Å². The van der Waals surface area contributed by atoms with Gasteiger partial charge < -0.3 is 10.1 Å². The first kappa shape index (κ1) is 11.9. The predicted molar refractivity (Wildman–Crippen MR) is 56.1 cm³/mol. The Kier molecular flexibility index (Phi) is 4.49. The second-order valence-electron chi connectivity index (χ2n) is 3.18. The number of rotatable bonds is 5. The average molecular weight is 215 g/mol. The number of benzene rings is 1. The zero-order chi connectivity index (χ0) is 11.3. The van der Waals surface area contributed by atoms with Crippen molar-refractivity contribution < 1.29 is 13.5 Å². The Bertz CT molecular complexity index is 329. The number of hydrogen-bond donors (Lipinski definition) is 1. The molecule has 1 rings (SSSR count). The molecule has 0 aliphatic heterocycles. The monoisotopic (exact) mass is 215 g/mol. The van der Waals surface area contributed by atoms with Gasteiger partial charge in [0, 0.05) is 13.2 Å². The highest BCUT2D eigenvalue weighted by atomic mass is 19.1. The van der Waals surface area contributed by atoms with Crippen LogP contribution in [0.4, 0.5) is 14.5 Å². The second-order valence-corrected chi connectivity index (χ2v) is 3.18. The number of hydrogen-bond acceptors (Lipinski definition) is 2. The molecule has 0 fully saturated rings. The molecule has 0 heterocycles. The van der Waals surface area contributed by atoms with Crippen molar-refractivity contribution >= 4 is 5.69 Å². The molecule has 0 saturated carbocycles. The lowest BCUT2D eigenvalue weighted by Crippen LogP contribution is -2.12. The summed E-state index contributed by atoms with van der Waals surface area (Å²) >= 11 is 0. The molecule has 1 aromatic carbocycles. The van der Waals surface area contributed by atoms with E-state index in [4.69, 9.17) is 4.74 Å². The Balaban J connectivity index is 2.63. The van der Waals surface area contributed by atoms with E-state index in [1.807, 2.05) is 6.92 Å². The van der Waals surface area contributed by atoms with E-state index in [1.54, 1.807) is 6.92 Å². The van der Waals surface area contributed by atoms with Crippen molar-refractivity contribution in [3.05, 3.63) is 29.3 Å². The zero-order valence-electron chi connectivity index (χ0n) is 8.94. The van der Waals surface area contributed by atoms with Gasteiger partial charge in [0.2, 0.25) is 0 Å². The largest absolute Gasteiger partial charge is 0.380 e. The molecule has 1 N–H and O–H groups in total. The fourth-order valence-electron chi connectivity index (χ4n) is 1.21. The van der Waals surface area contributed by atoms with Crippen molar-refractivity contribution in [2.45, 2.75) is 13.8 Å². The first-order chi connectivity index (χ1) is 7.16. The van der Waals surface area contributed by atoms with E-state index in [1.165, 1.54) is 12.1 Å². The smallest absolute Gasteiger partial charge is 0.152 e. The topological polar surface area (TPSA) is 21.3 Å². The van der Waals surface area contributed by atoms with Crippen molar-refractivity contribution in [1.82, 2.24) is 0 Å². The third kappa shape index (κ3) is 3.16. The highest BCUT2D eigenvalue weighted by molar-refractivity contribution is 5.48. The Morgan fingerprint density at radius 1 is 1.33 bits per heavy atom. The maximum atomic E-state index is 13.4. The summed E-state index contributed by atoms with van der Waals surface area (Å²) in [5.41, 5.74) is 0.352. The van der Waals surface area contributed by atoms with Gasteiger partial charge in [-0.3, -0.25) is 0 Å². The summed E-state index contributed by atoms with van der Waals surface area (Å²) in [6.45, 7) is 4.89. The van der Waals surface area contributed by atoms with Crippen molar-refractivity contribution in [2.24, 2.45) is 0 Å². The van der Waals surface area contributed by atoms with Gasteiger partial charge in [0.25, 0.3) is 0 Å². The van der Waals surface area contributed by atoms with Crippen molar-refractivity contribution in [3.8, 4) is 0 Å². The van der Waals surface area contributed by atoms with E-state index < -0.39 is 11.6 Å². The van der Waals surface area contributed by atoms with Gasteiger partial charge in [-0.15, -0.1) is 0 Å². The minimum absolute atomic E-state index is 0.0743. The van der Waals surface area contributed by atoms with E-state index in [0.29, 0.717) is 25.3 Å².